The van der Waals surface area contributed by atoms with Crippen molar-refractivity contribution in [3.05, 3.63) is 70.8 Å². The predicted molar refractivity (Wildman–Crippen MR) is 104 cm³/mol. The number of hydrogen-bond acceptors (Lipinski definition) is 3. The Labute approximate surface area is 149 Å². The Morgan fingerprint density at radius 1 is 1.08 bits per heavy atom. The van der Waals surface area contributed by atoms with Crippen molar-refractivity contribution >= 4 is 43.4 Å². The van der Waals surface area contributed by atoms with E-state index in [9.17, 15) is 4.79 Å². The van der Waals surface area contributed by atoms with Gasteiger partial charge in [0.15, 0.2) is 5.13 Å². The van der Waals surface area contributed by atoms with Gasteiger partial charge in [0.1, 0.15) is 0 Å². The number of aryl methyl sites for hydroxylation is 3. The van der Waals surface area contributed by atoms with Gasteiger partial charge in [-0.3, -0.25) is 10.1 Å². The molecule has 0 radical (unpaired) electrons. The molecule has 0 bridgehead atoms. The lowest BCUT2D eigenvalue weighted by atomic mass is 9.99. The first-order valence-corrected chi connectivity index (χ1v) is 9.23. The molecule has 122 valence electrons. The molecule has 1 amide bonds. The molecule has 0 atom stereocenters. The van der Waals surface area contributed by atoms with Crippen LogP contribution in [0.4, 0.5) is 5.13 Å². The smallest absolute Gasteiger partial charge is 0.258 e. The topological polar surface area (TPSA) is 42.0 Å². The van der Waals surface area contributed by atoms with E-state index in [-0.39, 0.29) is 5.91 Å². The van der Waals surface area contributed by atoms with Crippen LogP contribution in [0.15, 0.2) is 48.5 Å². The maximum Gasteiger partial charge on any atom is 0.258 e. The first-order valence-electron chi connectivity index (χ1n) is 8.41. The highest BCUT2D eigenvalue weighted by molar-refractivity contribution is 7.22. The van der Waals surface area contributed by atoms with Gasteiger partial charge in [-0.15, -0.1) is 0 Å². The van der Waals surface area contributed by atoms with Crippen LogP contribution in [0.3, 0.4) is 0 Å². The van der Waals surface area contributed by atoms with Gasteiger partial charge in [0, 0.05) is 5.56 Å². The number of fused-ring (bicyclic) bond motifs is 1. The van der Waals surface area contributed by atoms with Gasteiger partial charge in [-0.25, -0.2) is 4.98 Å². The normalized spacial score (nSPS) is 12.8. The number of anilines is 1. The minimum absolute atomic E-state index is 0.0913. The van der Waals surface area contributed by atoms with Crippen LogP contribution in [-0.2, 0) is 12.8 Å². The number of nitrogens with one attached hydrogen (secondary N) is 1. The van der Waals surface area contributed by atoms with Crippen molar-refractivity contribution in [2.75, 3.05) is 5.32 Å². The summed E-state index contributed by atoms with van der Waals surface area (Å²) >= 11 is 1.52. The Kier molecular flexibility index (Phi) is 3.15. The van der Waals surface area contributed by atoms with E-state index in [1.807, 2.05) is 30.3 Å². The molecule has 1 N–H and O–H groups in total. The van der Waals surface area contributed by atoms with Gasteiger partial charge < -0.3 is 0 Å². The van der Waals surface area contributed by atoms with Gasteiger partial charge in [-0.1, -0.05) is 41.7 Å². The zero-order chi connectivity index (χ0) is 17.0. The first-order chi connectivity index (χ1) is 12.2. The maximum atomic E-state index is 12.9. The molecule has 1 heterocycles. The summed E-state index contributed by atoms with van der Waals surface area (Å²) in [6, 6.07) is 16.4. The fourth-order valence-electron chi connectivity index (χ4n) is 3.69. The molecule has 0 spiro atoms. The molecule has 1 aliphatic rings. The highest BCUT2D eigenvalue weighted by Crippen LogP contribution is 2.33. The molecule has 4 heteroatoms. The van der Waals surface area contributed by atoms with Crippen LogP contribution in [0, 0.1) is 6.92 Å². The Morgan fingerprint density at radius 2 is 1.92 bits per heavy atom. The summed E-state index contributed by atoms with van der Waals surface area (Å²) in [7, 11) is 0. The van der Waals surface area contributed by atoms with E-state index in [0.29, 0.717) is 5.13 Å². The van der Waals surface area contributed by atoms with Crippen molar-refractivity contribution in [2.24, 2.45) is 0 Å². The van der Waals surface area contributed by atoms with Crippen molar-refractivity contribution in [2.45, 2.75) is 19.8 Å². The third kappa shape index (κ3) is 2.33. The van der Waals surface area contributed by atoms with E-state index in [0.717, 1.165) is 34.0 Å². The van der Waals surface area contributed by atoms with E-state index in [2.05, 4.69) is 35.4 Å². The van der Waals surface area contributed by atoms with Gasteiger partial charge in [-0.2, -0.15) is 0 Å². The second-order valence-corrected chi connectivity index (χ2v) is 7.59. The summed E-state index contributed by atoms with van der Waals surface area (Å²) in [4.78, 5) is 17.4. The van der Waals surface area contributed by atoms with Crippen molar-refractivity contribution in [3.63, 3.8) is 0 Å². The van der Waals surface area contributed by atoms with Crippen LogP contribution in [0.25, 0.3) is 21.0 Å². The Morgan fingerprint density at radius 3 is 2.80 bits per heavy atom. The molecule has 3 aromatic carbocycles. The molecule has 0 fully saturated rings. The Balaban J connectivity index is 1.55. The van der Waals surface area contributed by atoms with Crippen molar-refractivity contribution in [1.82, 2.24) is 4.98 Å². The summed E-state index contributed by atoms with van der Waals surface area (Å²) in [5.41, 5.74) is 5.53. The fourth-order valence-corrected chi connectivity index (χ4v) is 4.65. The third-order valence-corrected chi connectivity index (χ3v) is 5.82. The van der Waals surface area contributed by atoms with Gasteiger partial charge in [0.2, 0.25) is 0 Å². The molecule has 0 saturated heterocycles. The van der Waals surface area contributed by atoms with Gasteiger partial charge in [0.05, 0.1) is 10.2 Å². The zero-order valence-electron chi connectivity index (χ0n) is 13.8. The molecule has 0 saturated carbocycles. The minimum Gasteiger partial charge on any atom is -0.298 e. The predicted octanol–water partition coefficient (Wildman–Crippen LogP) is 5.11. The van der Waals surface area contributed by atoms with Crippen LogP contribution < -0.4 is 5.32 Å². The molecule has 1 aromatic heterocycles. The summed E-state index contributed by atoms with van der Waals surface area (Å²) in [5.74, 6) is -0.0913. The summed E-state index contributed by atoms with van der Waals surface area (Å²) in [5, 5.41) is 5.94. The van der Waals surface area contributed by atoms with Crippen molar-refractivity contribution < 1.29 is 4.79 Å². The summed E-state index contributed by atoms with van der Waals surface area (Å²) in [6.07, 6.45) is 2.13. The standard InChI is InChI=1S/C21H16N2OS/c1-12-5-10-17-18(11-12)25-21(22-17)23-20(24)16-9-8-14-7-6-13-3-2-4-15(16)19(13)14/h2-5,8-11H,6-7H2,1H3,(H,22,23,24). The molecule has 5 rings (SSSR count). The van der Waals surface area contributed by atoms with Crippen LogP contribution in [0.2, 0.25) is 0 Å². The Hall–Kier alpha value is -2.72. The SMILES string of the molecule is Cc1ccc2nc(NC(=O)c3ccc4c5c(cccc35)CC4)sc2c1. The number of benzene rings is 3. The molecule has 0 aliphatic heterocycles. The highest BCUT2D eigenvalue weighted by atomic mass is 32.1. The van der Waals surface area contributed by atoms with E-state index >= 15 is 0 Å². The van der Waals surface area contributed by atoms with E-state index in [1.165, 1.54) is 33.4 Å². The third-order valence-electron chi connectivity index (χ3n) is 4.89. The number of carbonyl (C=O) groups is 1. The highest BCUT2D eigenvalue weighted by Gasteiger charge is 2.19. The lowest BCUT2D eigenvalue weighted by molar-refractivity contribution is 0.102. The second-order valence-electron chi connectivity index (χ2n) is 6.56. The van der Waals surface area contributed by atoms with Gasteiger partial charge in [0.25, 0.3) is 5.91 Å². The minimum atomic E-state index is -0.0913. The summed E-state index contributed by atoms with van der Waals surface area (Å²) < 4.78 is 1.09. The van der Waals surface area contributed by atoms with E-state index in [1.54, 1.807) is 0 Å². The average molecular weight is 344 g/mol. The maximum absolute atomic E-state index is 12.9. The largest absolute Gasteiger partial charge is 0.298 e. The van der Waals surface area contributed by atoms with E-state index < -0.39 is 0 Å². The molecule has 0 unspecified atom stereocenters. The van der Waals surface area contributed by atoms with Crippen molar-refractivity contribution in [1.29, 1.82) is 0 Å². The number of nitrogens with zero attached hydrogens (tertiary/aromatic N) is 1. The molecule has 4 aromatic rings. The molecular formula is C21H16N2OS. The fraction of sp³-hybridized carbons (Fsp3) is 0.143. The van der Waals surface area contributed by atoms with Crippen LogP contribution in [-0.4, -0.2) is 10.9 Å². The zero-order valence-corrected chi connectivity index (χ0v) is 14.6. The Bertz CT molecular complexity index is 1150. The first kappa shape index (κ1) is 14.6. The number of hydrogen-bond donors (Lipinski definition) is 1. The lowest BCUT2D eigenvalue weighted by Gasteiger charge is -2.08. The van der Waals surface area contributed by atoms with E-state index in [4.69, 9.17) is 0 Å². The molecule has 3 nitrogen and oxygen atoms in total. The van der Waals surface area contributed by atoms with Crippen molar-refractivity contribution in [3.8, 4) is 0 Å². The molecular weight excluding hydrogens is 328 g/mol. The second kappa shape index (κ2) is 5.39. The number of rotatable bonds is 2. The molecule has 1 aliphatic carbocycles. The number of aromatic nitrogens is 1. The number of amides is 1. The lowest BCUT2D eigenvalue weighted by Crippen LogP contribution is -2.12. The quantitative estimate of drug-likeness (QED) is 0.549. The van der Waals surface area contributed by atoms with Gasteiger partial charge in [-0.05, 0) is 65.4 Å². The van der Waals surface area contributed by atoms with Crippen LogP contribution >= 0.6 is 11.3 Å². The number of carbonyl (C=O) groups excluding carboxylic acids is 1. The van der Waals surface area contributed by atoms with Crippen LogP contribution in [0.5, 0.6) is 0 Å². The average Bonchev–Trinajstić information content (AvgIpc) is 3.20. The summed E-state index contributed by atoms with van der Waals surface area (Å²) in [6.45, 7) is 2.06. The molecule has 25 heavy (non-hydrogen) atoms. The van der Waals surface area contributed by atoms with Gasteiger partial charge >= 0.3 is 0 Å². The monoisotopic (exact) mass is 344 g/mol. The number of thiazole rings is 1. The van der Waals surface area contributed by atoms with Crippen LogP contribution in [0.1, 0.15) is 27.0 Å².